The first kappa shape index (κ1) is 12.6. The first-order chi connectivity index (χ1) is 8.66. The molecule has 0 saturated carbocycles. The highest BCUT2D eigenvalue weighted by molar-refractivity contribution is 7.72. The van der Waals surface area contributed by atoms with Crippen molar-refractivity contribution in [2.45, 2.75) is 18.4 Å². The summed E-state index contributed by atoms with van der Waals surface area (Å²) in [5.41, 5.74) is 1.90. The Hall–Kier alpha value is -1.81. The zero-order chi connectivity index (χ0) is 13.0. The highest BCUT2D eigenvalue weighted by Crippen LogP contribution is 2.20. The van der Waals surface area contributed by atoms with Crippen LogP contribution in [0.3, 0.4) is 0 Å². The molecule has 2 aromatic rings. The lowest BCUT2D eigenvalue weighted by Crippen LogP contribution is -1.97. The lowest BCUT2D eigenvalue weighted by atomic mass is 10.2. The molecule has 0 fully saturated rings. The molecule has 0 radical (unpaired) electrons. The normalized spacial score (nSPS) is 10.6. The average molecular weight is 262 g/mol. The van der Waals surface area contributed by atoms with E-state index in [1.165, 1.54) is 0 Å². The lowest BCUT2D eigenvalue weighted by molar-refractivity contribution is 0.304. The van der Waals surface area contributed by atoms with Gasteiger partial charge in [0.05, 0.1) is 4.90 Å². The van der Waals surface area contributed by atoms with E-state index in [4.69, 9.17) is 4.74 Å². The Kier molecular flexibility index (Phi) is 3.99. The molecule has 0 atom stereocenters. The van der Waals surface area contributed by atoms with Gasteiger partial charge in [0.25, 0.3) is 0 Å². The van der Waals surface area contributed by atoms with E-state index in [9.17, 15) is 8.42 Å². The van der Waals surface area contributed by atoms with Crippen molar-refractivity contribution < 1.29 is 13.2 Å². The number of benzene rings is 2. The number of hydrogen-bond acceptors (Lipinski definition) is 3. The predicted molar refractivity (Wildman–Crippen MR) is 70.5 cm³/mol. The Morgan fingerprint density at radius 3 is 2.39 bits per heavy atom. The monoisotopic (exact) mass is 262 g/mol. The van der Waals surface area contributed by atoms with Gasteiger partial charge in [-0.2, -0.15) is 0 Å². The third kappa shape index (κ3) is 3.11. The molecule has 0 aliphatic heterocycles. The summed E-state index contributed by atoms with van der Waals surface area (Å²) in [5, 5.41) is 0. The Labute approximate surface area is 108 Å². The summed E-state index contributed by atoms with van der Waals surface area (Å²) in [6.07, 6.45) is 0. The fourth-order valence-corrected chi connectivity index (χ4v) is 2.14. The smallest absolute Gasteiger partial charge is 0.168 e. The molecule has 0 unspecified atom stereocenters. The van der Waals surface area contributed by atoms with Gasteiger partial charge in [-0.05, 0) is 36.2 Å². The molecule has 0 aromatic heterocycles. The molecule has 0 heterocycles. The molecule has 0 aliphatic carbocycles. The van der Waals surface area contributed by atoms with Gasteiger partial charge in [-0.25, -0.2) is 8.42 Å². The molecule has 2 rings (SSSR count). The average Bonchev–Trinajstić information content (AvgIpc) is 2.38. The van der Waals surface area contributed by atoms with E-state index < -0.39 is 10.7 Å². The Balaban J connectivity index is 2.11. The topological polar surface area (TPSA) is 43.4 Å². The van der Waals surface area contributed by atoms with E-state index in [0.29, 0.717) is 17.3 Å². The highest BCUT2D eigenvalue weighted by atomic mass is 32.2. The summed E-state index contributed by atoms with van der Waals surface area (Å²) < 4.78 is 27.3. The number of thiol groups is 1. The van der Waals surface area contributed by atoms with E-state index in [1.807, 2.05) is 37.3 Å². The molecular weight excluding hydrogens is 248 g/mol. The van der Waals surface area contributed by atoms with Crippen molar-refractivity contribution in [2.24, 2.45) is 0 Å². The van der Waals surface area contributed by atoms with Crippen LogP contribution in [0, 0.1) is 6.92 Å². The molecule has 3 nitrogen and oxygen atoms in total. The standard InChI is InChI=1S/C14H14O3S/c1-11-9-13(18(15)16)7-8-14(11)17-10-12-5-3-2-4-6-12/h2-9,18H,10H2,1H3. The van der Waals surface area contributed by atoms with Crippen molar-refractivity contribution in [1.29, 1.82) is 0 Å². The van der Waals surface area contributed by atoms with Crippen LogP contribution in [-0.4, -0.2) is 8.42 Å². The zero-order valence-electron chi connectivity index (χ0n) is 10.00. The second-order valence-electron chi connectivity index (χ2n) is 3.98. The molecule has 0 spiro atoms. The van der Waals surface area contributed by atoms with Crippen LogP contribution in [0.1, 0.15) is 11.1 Å². The van der Waals surface area contributed by atoms with E-state index in [1.54, 1.807) is 18.2 Å². The number of hydrogen-bond donors (Lipinski definition) is 1. The van der Waals surface area contributed by atoms with E-state index in [0.717, 1.165) is 11.1 Å². The van der Waals surface area contributed by atoms with E-state index >= 15 is 0 Å². The minimum Gasteiger partial charge on any atom is -0.489 e. The third-order valence-electron chi connectivity index (χ3n) is 2.61. The highest BCUT2D eigenvalue weighted by Gasteiger charge is 2.03. The fraction of sp³-hybridized carbons (Fsp3) is 0.143. The minimum atomic E-state index is -2.53. The third-order valence-corrected chi connectivity index (χ3v) is 3.31. The van der Waals surface area contributed by atoms with Gasteiger partial charge in [-0.1, -0.05) is 30.3 Å². The number of aryl methyl sites for hydroxylation is 1. The molecule has 2 aromatic carbocycles. The van der Waals surface area contributed by atoms with Crippen LogP contribution in [0.5, 0.6) is 5.75 Å². The van der Waals surface area contributed by atoms with Gasteiger partial charge >= 0.3 is 0 Å². The summed E-state index contributed by atoms with van der Waals surface area (Å²) in [7, 11) is -2.53. The van der Waals surface area contributed by atoms with Crippen molar-refractivity contribution in [2.75, 3.05) is 0 Å². The minimum absolute atomic E-state index is 0.314. The van der Waals surface area contributed by atoms with Crippen molar-refractivity contribution in [3.05, 3.63) is 59.7 Å². The van der Waals surface area contributed by atoms with Gasteiger partial charge in [0.15, 0.2) is 10.7 Å². The number of rotatable bonds is 4. The van der Waals surface area contributed by atoms with Crippen molar-refractivity contribution in [3.8, 4) is 5.75 Å². The maximum Gasteiger partial charge on any atom is 0.168 e. The van der Waals surface area contributed by atoms with Gasteiger partial charge in [0, 0.05) is 0 Å². The molecule has 0 bridgehead atoms. The first-order valence-electron chi connectivity index (χ1n) is 5.58. The first-order valence-corrected chi connectivity index (χ1v) is 6.76. The molecule has 0 aliphatic rings. The quantitative estimate of drug-likeness (QED) is 0.861. The van der Waals surface area contributed by atoms with Gasteiger partial charge in [0.2, 0.25) is 0 Å². The van der Waals surface area contributed by atoms with Gasteiger partial charge in [-0.15, -0.1) is 0 Å². The van der Waals surface area contributed by atoms with Crippen LogP contribution in [0.2, 0.25) is 0 Å². The molecule has 4 heteroatoms. The second-order valence-corrected chi connectivity index (χ2v) is 5.01. The summed E-state index contributed by atoms with van der Waals surface area (Å²) in [6, 6.07) is 14.7. The SMILES string of the molecule is Cc1cc([SH](=O)=O)ccc1OCc1ccccc1. The van der Waals surface area contributed by atoms with Crippen LogP contribution in [0.4, 0.5) is 0 Å². The van der Waals surface area contributed by atoms with Gasteiger partial charge in [-0.3, -0.25) is 0 Å². The molecule has 0 saturated heterocycles. The van der Waals surface area contributed by atoms with Crippen LogP contribution < -0.4 is 4.74 Å². The molecule has 0 N–H and O–H groups in total. The van der Waals surface area contributed by atoms with Gasteiger partial charge in [0.1, 0.15) is 12.4 Å². The number of ether oxygens (including phenoxy) is 1. The van der Waals surface area contributed by atoms with E-state index in [2.05, 4.69) is 0 Å². The van der Waals surface area contributed by atoms with Crippen LogP contribution >= 0.6 is 0 Å². The van der Waals surface area contributed by atoms with Gasteiger partial charge < -0.3 is 4.74 Å². The summed E-state index contributed by atoms with van der Waals surface area (Å²) >= 11 is 0. The van der Waals surface area contributed by atoms with E-state index in [-0.39, 0.29) is 0 Å². The second kappa shape index (κ2) is 5.69. The molecule has 18 heavy (non-hydrogen) atoms. The van der Waals surface area contributed by atoms with Crippen LogP contribution in [-0.2, 0) is 17.3 Å². The lowest BCUT2D eigenvalue weighted by Gasteiger charge is -2.09. The maximum atomic E-state index is 10.8. The molecule has 94 valence electrons. The summed E-state index contributed by atoms with van der Waals surface area (Å²) in [4.78, 5) is 0.314. The van der Waals surface area contributed by atoms with Crippen molar-refractivity contribution >= 4 is 10.7 Å². The van der Waals surface area contributed by atoms with Crippen LogP contribution in [0.25, 0.3) is 0 Å². The summed E-state index contributed by atoms with van der Waals surface area (Å²) in [6.45, 7) is 2.31. The Bertz CT molecular complexity index is 596. The Morgan fingerprint density at radius 1 is 1.06 bits per heavy atom. The predicted octanol–water partition coefficient (Wildman–Crippen LogP) is 2.54. The zero-order valence-corrected chi connectivity index (χ0v) is 10.9. The van der Waals surface area contributed by atoms with Crippen LogP contribution in [0.15, 0.2) is 53.4 Å². The largest absolute Gasteiger partial charge is 0.489 e. The Morgan fingerprint density at radius 2 is 1.78 bits per heavy atom. The summed E-state index contributed by atoms with van der Waals surface area (Å²) in [5.74, 6) is 0.708. The van der Waals surface area contributed by atoms with Crippen molar-refractivity contribution in [1.82, 2.24) is 0 Å². The fourth-order valence-electron chi connectivity index (χ4n) is 1.64. The van der Waals surface area contributed by atoms with Crippen molar-refractivity contribution in [3.63, 3.8) is 0 Å². The molecule has 0 amide bonds. The molecular formula is C14H14O3S. The maximum absolute atomic E-state index is 10.8.